The van der Waals surface area contributed by atoms with Crippen LogP contribution < -0.4 is 11.1 Å². The fourth-order valence-electron chi connectivity index (χ4n) is 2.62. The van der Waals surface area contributed by atoms with Crippen molar-refractivity contribution in [2.75, 3.05) is 13.1 Å². The van der Waals surface area contributed by atoms with Crippen LogP contribution in [0.2, 0.25) is 0 Å². The molecule has 1 aliphatic rings. The summed E-state index contributed by atoms with van der Waals surface area (Å²) < 4.78 is 0. The summed E-state index contributed by atoms with van der Waals surface area (Å²) in [5.74, 6) is -0.555. The molecule has 0 bridgehead atoms. The summed E-state index contributed by atoms with van der Waals surface area (Å²) in [4.78, 5) is 25.6. The molecule has 0 spiro atoms. The summed E-state index contributed by atoms with van der Waals surface area (Å²) in [5, 5.41) is 2.38. The van der Waals surface area contributed by atoms with Gasteiger partial charge in [0, 0.05) is 12.6 Å². The van der Waals surface area contributed by atoms with E-state index in [1.54, 1.807) is 0 Å². The minimum absolute atomic E-state index is 0.153. The van der Waals surface area contributed by atoms with E-state index < -0.39 is 5.54 Å². The normalized spacial score (nSPS) is 20.6. The third kappa shape index (κ3) is 2.59. The van der Waals surface area contributed by atoms with Crippen molar-refractivity contribution in [2.24, 2.45) is 5.73 Å². The van der Waals surface area contributed by atoms with Crippen LogP contribution in [0.5, 0.6) is 0 Å². The lowest BCUT2D eigenvalue weighted by Crippen LogP contribution is -2.65. The molecule has 1 heterocycles. The molecule has 1 aliphatic heterocycles. The number of hydrogen-bond donors (Lipinski definition) is 2. The standard InChI is InChI=1S/C15H21N3O2/c1-10-5-4-6-11(7-10)12(8-16)18-9-13(19)17-14(20)15(18,2)3/h4-7,12H,8-9,16H2,1-3H3,(H,17,19,20). The van der Waals surface area contributed by atoms with Crippen LogP contribution in [-0.2, 0) is 9.59 Å². The van der Waals surface area contributed by atoms with Gasteiger partial charge in [-0.15, -0.1) is 0 Å². The zero-order valence-electron chi connectivity index (χ0n) is 12.1. The maximum absolute atomic E-state index is 12.0. The van der Waals surface area contributed by atoms with E-state index in [0.29, 0.717) is 6.54 Å². The monoisotopic (exact) mass is 275 g/mol. The average Bonchev–Trinajstić information content (AvgIpc) is 2.37. The Kier molecular flexibility index (Phi) is 3.92. The Morgan fingerprint density at radius 3 is 2.70 bits per heavy atom. The summed E-state index contributed by atoms with van der Waals surface area (Å²) >= 11 is 0. The van der Waals surface area contributed by atoms with E-state index >= 15 is 0 Å². The molecule has 0 aliphatic carbocycles. The van der Waals surface area contributed by atoms with Crippen molar-refractivity contribution in [1.82, 2.24) is 10.2 Å². The van der Waals surface area contributed by atoms with Gasteiger partial charge in [0.1, 0.15) is 0 Å². The van der Waals surface area contributed by atoms with E-state index in [0.717, 1.165) is 11.1 Å². The summed E-state index contributed by atoms with van der Waals surface area (Å²) in [5.41, 5.74) is 7.31. The molecule has 3 N–H and O–H groups in total. The fraction of sp³-hybridized carbons (Fsp3) is 0.467. The lowest BCUT2D eigenvalue weighted by molar-refractivity contribution is -0.147. The second-order valence-corrected chi connectivity index (χ2v) is 5.73. The molecule has 5 nitrogen and oxygen atoms in total. The molecule has 1 atom stereocenters. The van der Waals surface area contributed by atoms with Crippen LogP contribution >= 0.6 is 0 Å². The van der Waals surface area contributed by atoms with E-state index in [9.17, 15) is 9.59 Å². The lowest BCUT2D eigenvalue weighted by atomic mass is 9.92. The topological polar surface area (TPSA) is 75.4 Å². The number of nitrogens with two attached hydrogens (primary N) is 1. The number of piperazine rings is 1. The quantitative estimate of drug-likeness (QED) is 0.798. The molecule has 0 aromatic heterocycles. The minimum atomic E-state index is -0.762. The van der Waals surface area contributed by atoms with Gasteiger partial charge >= 0.3 is 0 Å². The average molecular weight is 275 g/mol. The van der Waals surface area contributed by atoms with Gasteiger partial charge in [-0.3, -0.25) is 19.8 Å². The highest BCUT2D eigenvalue weighted by atomic mass is 16.2. The number of aryl methyl sites for hydroxylation is 1. The summed E-state index contributed by atoms with van der Waals surface area (Å²) in [6.45, 7) is 6.17. The van der Waals surface area contributed by atoms with Gasteiger partial charge in [-0.1, -0.05) is 29.8 Å². The predicted molar refractivity (Wildman–Crippen MR) is 76.9 cm³/mol. The number of hydrogen-bond acceptors (Lipinski definition) is 4. The fourth-order valence-corrected chi connectivity index (χ4v) is 2.62. The van der Waals surface area contributed by atoms with Crippen molar-refractivity contribution in [3.63, 3.8) is 0 Å². The van der Waals surface area contributed by atoms with Gasteiger partial charge in [0.2, 0.25) is 11.8 Å². The van der Waals surface area contributed by atoms with Crippen LogP contribution in [0.4, 0.5) is 0 Å². The minimum Gasteiger partial charge on any atom is -0.329 e. The number of imide groups is 1. The van der Waals surface area contributed by atoms with Crippen LogP contribution in [-0.4, -0.2) is 35.3 Å². The van der Waals surface area contributed by atoms with Crippen LogP contribution in [0.3, 0.4) is 0 Å². The number of carbonyl (C=O) groups is 2. The smallest absolute Gasteiger partial charge is 0.246 e. The SMILES string of the molecule is Cc1cccc(C(CN)N2CC(=O)NC(=O)C2(C)C)c1. The van der Waals surface area contributed by atoms with Gasteiger partial charge in [0.05, 0.1) is 12.1 Å². The third-order valence-electron chi connectivity index (χ3n) is 3.87. The van der Waals surface area contributed by atoms with Crippen molar-refractivity contribution >= 4 is 11.8 Å². The first-order valence-corrected chi connectivity index (χ1v) is 6.74. The zero-order valence-corrected chi connectivity index (χ0v) is 12.1. The van der Waals surface area contributed by atoms with Gasteiger partial charge < -0.3 is 5.73 Å². The first-order chi connectivity index (χ1) is 9.36. The van der Waals surface area contributed by atoms with Crippen molar-refractivity contribution in [3.8, 4) is 0 Å². The number of nitrogens with zero attached hydrogens (tertiary/aromatic N) is 1. The van der Waals surface area contributed by atoms with Crippen molar-refractivity contribution < 1.29 is 9.59 Å². The Morgan fingerprint density at radius 2 is 2.10 bits per heavy atom. The van der Waals surface area contributed by atoms with Gasteiger partial charge in [-0.2, -0.15) is 0 Å². The molecule has 1 aromatic rings. The lowest BCUT2D eigenvalue weighted by Gasteiger charge is -2.44. The molecule has 2 rings (SSSR count). The highest BCUT2D eigenvalue weighted by Crippen LogP contribution is 2.30. The van der Waals surface area contributed by atoms with Crippen LogP contribution in [0, 0.1) is 6.92 Å². The number of carbonyl (C=O) groups excluding carboxylic acids is 2. The number of amides is 2. The first kappa shape index (κ1) is 14.7. The van der Waals surface area contributed by atoms with E-state index in [1.807, 2.05) is 49.9 Å². The Bertz CT molecular complexity index is 540. The Morgan fingerprint density at radius 1 is 1.40 bits per heavy atom. The summed E-state index contributed by atoms with van der Waals surface area (Å²) in [6.07, 6.45) is 0. The molecule has 0 saturated carbocycles. The molecule has 0 radical (unpaired) electrons. The summed E-state index contributed by atoms with van der Waals surface area (Å²) in [6, 6.07) is 7.85. The molecule has 1 saturated heterocycles. The zero-order chi connectivity index (χ0) is 14.9. The van der Waals surface area contributed by atoms with Crippen molar-refractivity contribution in [2.45, 2.75) is 32.4 Å². The van der Waals surface area contributed by atoms with Gasteiger partial charge in [-0.05, 0) is 26.3 Å². The van der Waals surface area contributed by atoms with Gasteiger partial charge in [0.25, 0.3) is 0 Å². The Hall–Kier alpha value is -1.72. The maximum atomic E-state index is 12.0. The van der Waals surface area contributed by atoms with Gasteiger partial charge in [0.15, 0.2) is 0 Å². The third-order valence-corrected chi connectivity index (χ3v) is 3.87. The molecule has 108 valence electrons. The van der Waals surface area contributed by atoms with Crippen molar-refractivity contribution in [3.05, 3.63) is 35.4 Å². The second-order valence-electron chi connectivity index (χ2n) is 5.73. The molecule has 5 heteroatoms. The van der Waals surface area contributed by atoms with Crippen LogP contribution in [0.1, 0.15) is 31.0 Å². The Labute approximate surface area is 119 Å². The maximum Gasteiger partial charge on any atom is 0.246 e. The largest absolute Gasteiger partial charge is 0.329 e. The molecule has 2 amide bonds. The second kappa shape index (κ2) is 5.34. The molecular weight excluding hydrogens is 254 g/mol. The number of nitrogens with one attached hydrogen (secondary N) is 1. The molecule has 1 unspecified atom stereocenters. The predicted octanol–water partition coefficient (Wildman–Crippen LogP) is 0.732. The van der Waals surface area contributed by atoms with E-state index in [1.165, 1.54) is 0 Å². The van der Waals surface area contributed by atoms with E-state index in [2.05, 4.69) is 5.32 Å². The van der Waals surface area contributed by atoms with Crippen molar-refractivity contribution in [1.29, 1.82) is 0 Å². The van der Waals surface area contributed by atoms with Crippen LogP contribution in [0.25, 0.3) is 0 Å². The van der Waals surface area contributed by atoms with Crippen LogP contribution in [0.15, 0.2) is 24.3 Å². The first-order valence-electron chi connectivity index (χ1n) is 6.74. The molecule has 20 heavy (non-hydrogen) atoms. The summed E-state index contributed by atoms with van der Waals surface area (Å²) in [7, 11) is 0. The number of benzene rings is 1. The number of rotatable bonds is 3. The highest BCUT2D eigenvalue weighted by Gasteiger charge is 2.44. The molecule has 1 fully saturated rings. The Balaban J connectivity index is 2.39. The van der Waals surface area contributed by atoms with E-state index in [-0.39, 0.29) is 24.4 Å². The van der Waals surface area contributed by atoms with Gasteiger partial charge in [-0.25, -0.2) is 0 Å². The molecule has 1 aromatic carbocycles. The molecular formula is C15H21N3O2. The highest BCUT2D eigenvalue weighted by molar-refractivity contribution is 6.03. The van der Waals surface area contributed by atoms with E-state index in [4.69, 9.17) is 5.73 Å².